The van der Waals surface area contributed by atoms with E-state index in [2.05, 4.69) is 4.72 Å². The molecule has 27 heavy (non-hydrogen) atoms. The molecule has 1 atom stereocenters. The number of likely N-dealkylation sites (tertiary alicyclic amines) is 1. The molecule has 1 aliphatic rings. The Labute approximate surface area is 161 Å². The van der Waals surface area contributed by atoms with Crippen molar-refractivity contribution in [2.75, 3.05) is 13.1 Å². The Kier molecular flexibility index (Phi) is 5.97. The predicted molar refractivity (Wildman–Crippen MR) is 106 cm³/mol. The third-order valence-electron chi connectivity index (χ3n) is 5.01. The largest absolute Gasteiger partial charge is 0.336 e. The number of rotatable bonds is 6. The molecule has 0 radical (unpaired) electrons. The zero-order chi connectivity index (χ0) is 19.4. The molecule has 1 heterocycles. The summed E-state index contributed by atoms with van der Waals surface area (Å²) in [5.41, 5.74) is 2.86. The molecular weight excluding hydrogens is 360 g/mol. The van der Waals surface area contributed by atoms with Crippen LogP contribution in [0, 0.1) is 13.8 Å². The molecule has 0 bridgehead atoms. The van der Waals surface area contributed by atoms with E-state index in [0.29, 0.717) is 5.56 Å². The molecule has 1 saturated heterocycles. The van der Waals surface area contributed by atoms with E-state index in [-0.39, 0.29) is 29.8 Å². The van der Waals surface area contributed by atoms with Gasteiger partial charge in [-0.3, -0.25) is 4.79 Å². The van der Waals surface area contributed by atoms with Crippen molar-refractivity contribution in [1.82, 2.24) is 9.62 Å². The summed E-state index contributed by atoms with van der Waals surface area (Å²) in [7, 11) is -3.61. The lowest BCUT2D eigenvalue weighted by atomic mass is 10.0. The van der Waals surface area contributed by atoms with Gasteiger partial charge in [-0.1, -0.05) is 48.0 Å². The quantitative estimate of drug-likeness (QED) is 0.828. The lowest BCUT2D eigenvalue weighted by molar-refractivity contribution is -0.131. The fourth-order valence-corrected chi connectivity index (χ4v) is 4.96. The van der Waals surface area contributed by atoms with Crippen LogP contribution in [0.5, 0.6) is 0 Å². The Balaban J connectivity index is 1.60. The maximum absolute atomic E-state index is 12.7. The monoisotopic (exact) mass is 386 g/mol. The summed E-state index contributed by atoms with van der Waals surface area (Å²) in [4.78, 5) is 14.8. The summed E-state index contributed by atoms with van der Waals surface area (Å²) >= 11 is 0. The minimum atomic E-state index is -3.61. The first-order chi connectivity index (χ1) is 12.9. The summed E-state index contributed by atoms with van der Waals surface area (Å²) < 4.78 is 27.6. The summed E-state index contributed by atoms with van der Waals surface area (Å²) in [6, 6.07) is 15.3. The first-order valence-corrected chi connectivity index (χ1v) is 10.8. The number of nitrogens with one attached hydrogen (secondary N) is 1. The fourth-order valence-electron chi connectivity index (χ4n) is 3.70. The number of carbonyl (C=O) groups excluding carboxylic acids is 1. The highest BCUT2D eigenvalue weighted by atomic mass is 32.2. The molecule has 2 aromatic carbocycles. The highest BCUT2D eigenvalue weighted by Gasteiger charge is 2.29. The predicted octanol–water partition coefficient (Wildman–Crippen LogP) is 3.34. The van der Waals surface area contributed by atoms with Gasteiger partial charge in [0.1, 0.15) is 0 Å². The molecule has 0 saturated carbocycles. The van der Waals surface area contributed by atoms with E-state index in [9.17, 15) is 13.2 Å². The highest BCUT2D eigenvalue weighted by molar-refractivity contribution is 7.89. The summed E-state index contributed by atoms with van der Waals surface area (Å²) in [5.74, 6) is -0.00955. The Morgan fingerprint density at radius 1 is 1.15 bits per heavy atom. The van der Waals surface area contributed by atoms with Crippen molar-refractivity contribution in [3.63, 3.8) is 0 Å². The van der Waals surface area contributed by atoms with Crippen LogP contribution in [0.25, 0.3) is 0 Å². The van der Waals surface area contributed by atoms with Crippen molar-refractivity contribution in [1.29, 1.82) is 0 Å². The normalized spacial score (nSPS) is 17.3. The topological polar surface area (TPSA) is 66.5 Å². The van der Waals surface area contributed by atoms with Crippen LogP contribution in [0.4, 0.5) is 0 Å². The Bertz CT molecular complexity index is 910. The van der Waals surface area contributed by atoms with Gasteiger partial charge in [-0.25, -0.2) is 13.1 Å². The molecular formula is C21H26N2O3S. The molecule has 1 aliphatic heterocycles. The van der Waals surface area contributed by atoms with E-state index in [0.717, 1.165) is 30.5 Å². The molecule has 0 aliphatic carbocycles. The molecule has 1 N–H and O–H groups in total. The molecule has 1 unspecified atom stereocenters. The molecule has 5 nitrogen and oxygen atoms in total. The maximum atomic E-state index is 12.7. The van der Waals surface area contributed by atoms with Crippen LogP contribution in [-0.2, 0) is 14.8 Å². The number of nitrogens with zero attached hydrogens (tertiary/aromatic N) is 1. The number of aryl methyl sites for hydroxylation is 2. The molecule has 6 heteroatoms. The standard InChI is InChI=1S/C21H26N2O3S/c1-16-10-11-20(17(2)15-16)27(25,26)22-13-12-21(24)23-14-6-9-19(23)18-7-4-3-5-8-18/h3-5,7-8,10-11,15,19,22H,6,9,12-14H2,1-2H3. The first kappa shape index (κ1) is 19.6. The van der Waals surface area contributed by atoms with Gasteiger partial charge < -0.3 is 4.90 Å². The van der Waals surface area contributed by atoms with E-state index >= 15 is 0 Å². The number of sulfonamides is 1. The van der Waals surface area contributed by atoms with E-state index in [1.807, 2.05) is 48.2 Å². The Hall–Kier alpha value is -2.18. The van der Waals surface area contributed by atoms with Crippen LogP contribution in [0.15, 0.2) is 53.4 Å². The van der Waals surface area contributed by atoms with Gasteiger partial charge in [0.15, 0.2) is 0 Å². The lowest BCUT2D eigenvalue weighted by Crippen LogP contribution is -2.34. The fraction of sp³-hybridized carbons (Fsp3) is 0.381. The molecule has 1 amide bonds. The minimum absolute atomic E-state index is 0.00955. The zero-order valence-electron chi connectivity index (χ0n) is 15.8. The second-order valence-corrected chi connectivity index (χ2v) is 8.81. The Morgan fingerprint density at radius 2 is 1.89 bits per heavy atom. The molecule has 0 aromatic heterocycles. The van der Waals surface area contributed by atoms with Crippen LogP contribution in [0.1, 0.15) is 42.0 Å². The molecule has 0 spiro atoms. The van der Waals surface area contributed by atoms with Crippen molar-refractivity contribution in [2.45, 2.75) is 44.0 Å². The van der Waals surface area contributed by atoms with Gasteiger partial charge in [-0.2, -0.15) is 0 Å². The average Bonchev–Trinajstić information content (AvgIpc) is 3.11. The number of hydrogen-bond acceptors (Lipinski definition) is 3. The number of carbonyl (C=O) groups is 1. The lowest BCUT2D eigenvalue weighted by Gasteiger charge is -2.25. The zero-order valence-corrected chi connectivity index (χ0v) is 16.6. The molecule has 2 aromatic rings. The molecule has 144 valence electrons. The van der Waals surface area contributed by atoms with E-state index in [4.69, 9.17) is 0 Å². The second kappa shape index (κ2) is 8.23. The SMILES string of the molecule is Cc1ccc(S(=O)(=O)NCCC(=O)N2CCCC2c2ccccc2)c(C)c1. The van der Waals surface area contributed by atoms with Crippen molar-refractivity contribution in [3.8, 4) is 0 Å². The van der Waals surface area contributed by atoms with Crippen LogP contribution >= 0.6 is 0 Å². The van der Waals surface area contributed by atoms with Gasteiger partial charge in [0.05, 0.1) is 10.9 Å². The summed E-state index contributed by atoms with van der Waals surface area (Å²) in [6.07, 6.45) is 2.08. The van der Waals surface area contributed by atoms with E-state index < -0.39 is 10.0 Å². The van der Waals surface area contributed by atoms with Gasteiger partial charge >= 0.3 is 0 Å². The number of hydrogen-bond donors (Lipinski definition) is 1. The smallest absolute Gasteiger partial charge is 0.240 e. The van der Waals surface area contributed by atoms with Crippen LogP contribution in [-0.4, -0.2) is 32.3 Å². The highest BCUT2D eigenvalue weighted by Crippen LogP contribution is 2.32. The average molecular weight is 387 g/mol. The van der Waals surface area contributed by atoms with Crippen LogP contribution in [0.2, 0.25) is 0 Å². The molecule has 1 fully saturated rings. The van der Waals surface area contributed by atoms with Crippen LogP contribution in [0.3, 0.4) is 0 Å². The van der Waals surface area contributed by atoms with Crippen molar-refractivity contribution in [2.24, 2.45) is 0 Å². The van der Waals surface area contributed by atoms with Crippen molar-refractivity contribution in [3.05, 3.63) is 65.2 Å². The number of amides is 1. The third kappa shape index (κ3) is 4.57. The van der Waals surface area contributed by atoms with Gasteiger partial charge in [0.2, 0.25) is 15.9 Å². The Morgan fingerprint density at radius 3 is 2.59 bits per heavy atom. The van der Waals surface area contributed by atoms with Gasteiger partial charge in [-0.05, 0) is 43.9 Å². The van der Waals surface area contributed by atoms with Gasteiger partial charge in [0.25, 0.3) is 0 Å². The third-order valence-corrected chi connectivity index (χ3v) is 6.63. The maximum Gasteiger partial charge on any atom is 0.240 e. The first-order valence-electron chi connectivity index (χ1n) is 9.30. The second-order valence-electron chi connectivity index (χ2n) is 7.07. The van der Waals surface area contributed by atoms with Crippen molar-refractivity contribution >= 4 is 15.9 Å². The minimum Gasteiger partial charge on any atom is -0.336 e. The molecule has 3 rings (SSSR count). The van der Waals surface area contributed by atoms with E-state index in [1.165, 1.54) is 0 Å². The summed E-state index contributed by atoms with van der Waals surface area (Å²) in [6.45, 7) is 4.53. The van der Waals surface area contributed by atoms with E-state index in [1.54, 1.807) is 19.1 Å². The van der Waals surface area contributed by atoms with Crippen LogP contribution < -0.4 is 4.72 Å². The summed E-state index contributed by atoms with van der Waals surface area (Å²) in [5, 5.41) is 0. The van der Waals surface area contributed by atoms with Crippen molar-refractivity contribution < 1.29 is 13.2 Å². The van der Waals surface area contributed by atoms with Gasteiger partial charge in [0, 0.05) is 19.5 Å². The van der Waals surface area contributed by atoms with Gasteiger partial charge in [-0.15, -0.1) is 0 Å². The number of benzene rings is 2.